The van der Waals surface area contributed by atoms with Crippen molar-refractivity contribution in [2.45, 2.75) is 294 Å². The Bertz CT molecular complexity index is 1100. The molecule has 1 saturated heterocycles. The number of hydrogen-bond acceptors (Lipinski definition) is 8. The van der Waals surface area contributed by atoms with E-state index >= 15 is 0 Å². The highest BCUT2D eigenvalue weighted by atomic mass is 16.7. The molecule has 0 radical (unpaired) electrons. The molecule has 9 heteroatoms. The average Bonchev–Trinajstić information content (AvgIpc) is 3.29. The van der Waals surface area contributed by atoms with Gasteiger partial charge in [-0.3, -0.25) is 4.79 Å². The van der Waals surface area contributed by atoms with Gasteiger partial charge in [0.15, 0.2) is 6.29 Å². The Balaban J connectivity index is 2.29. The molecule has 1 heterocycles. The molecule has 0 bridgehead atoms. The van der Waals surface area contributed by atoms with Crippen molar-refractivity contribution in [2.24, 2.45) is 0 Å². The van der Waals surface area contributed by atoms with Gasteiger partial charge in [0.2, 0.25) is 5.91 Å². The first-order chi connectivity index (χ1) is 31.3. The highest BCUT2D eigenvalue weighted by Gasteiger charge is 2.44. The Morgan fingerprint density at radius 2 is 0.891 bits per heavy atom. The van der Waals surface area contributed by atoms with E-state index in [0.717, 1.165) is 51.4 Å². The van der Waals surface area contributed by atoms with Crippen molar-refractivity contribution in [1.29, 1.82) is 0 Å². The van der Waals surface area contributed by atoms with E-state index < -0.39 is 49.5 Å². The van der Waals surface area contributed by atoms with E-state index in [-0.39, 0.29) is 12.5 Å². The van der Waals surface area contributed by atoms with E-state index in [2.05, 4.69) is 43.5 Å². The maximum absolute atomic E-state index is 13.0. The lowest BCUT2D eigenvalue weighted by Crippen LogP contribution is -2.60. The molecule has 1 amide bonds. The van der Waals surface area contributed by atoms with Gasteiger partial charge >= 0.3 is 0 Å². The zero-order valence-corrected chi connectivity index (χ0v) is 41.5. The minimum absolute atomic E-state index is 0.189. The molecule has 7 unspecified atom stereocenters. The fourth-order valence-corrected chi connectivity index (χ4v) is 8.58. The van der Waals surface area contributed by atoms with Gasteiger partial charge < -0.3 is 40.3 Å². The molecule has 0 aromatic carbocycles. The van der Waals surface area contributed by atoms with Gasteiger partial charge in [0.05, 0.1) is 25.4 Å². The molecule has 0 aliphatic carbocycles. The predicted octanol–water partition coefficient (Wildman–Crippen LogP) is 12.8. The van der Waals surface area contributed by atoms with Crippen molar-refractivity contribution >= 4 is 5.91 Å². The maximum Gasteiger partial charge on any atom is 0.220 e. The maximum atomic E-state index is 13.0. The first-order valence-electron chi connectivity index (χ1n) is 27.2. The third-order valence-electron chi connectivity index (χ3n) is 12.9. The molecule has 0 aromatic heterocycles. The topological polar surface area (TPSA) is 149 Å². The molecule has 6 N–H and O–H groups in total. The number of unbranched alkanes of at least 4 members (excludes halogenated alkanes) is 32. The number of amides is 1. The number of aliphatic hydroxyl groups is 5. The molecule has 1 fully saturated rings. The summed E-state index contributed by atoms with van der Waals surface area (Å²) in [7, 11) is 0. The summed E-state index contributed by atoms with van der Waals surface area (Å²) in [4.78, 5) is 13.0. The summed E-state index contributed by atoms with van der Waals surface area (Å²) >= 11 is 0. The van der Waals surface area contributed by atoms with Gasteiger partial charge in [-0.25, -0.2) is 0 Å². The molecule has 0 spiro atoms. The fraction of sp³-hybridized carbons (Fsp3) is 0.873. The molecular weight excluding hydrogens is 803 g/mol. The number of allylic oxidation sites excluding steroid dienone is 5. The number of nitrogens with one attached hydrogen (secondary N) is 1. The number of aliphatic hydroxyl groups excluding tert-OH is 5. The van der Waals surface area contributed by atoms with E-state index in [0.29, 0.717) is 6.42 Å². The van der Waals surface area contributed by atoms with E-state index in [1.165, 1.54) is 180 Å². The molecule has 376 valence electrons. The lowest BCUT2D eigenvalue weighted by molar-refractivity contribution is -0.302. The van der Waals surface area contributed by atoms with Crippen LogP contribution in [-0.2, 0) is 14.3 Å². The summed E-state index contributed by atoms with van der Waals surface area (Å²) in [6.07, 6.45) is 50.6. The van der Waals surface area contributed by atoms with E-state index in [9.17, 15) is 30.3 Å². The minimum atomic E-state index is -1.57. The molecule has 1 aliphatic heterocycles. The third-order valence-corrected chi connectivity index (χ3v) is 12.9. The van der Waals surface area contributed by atoms with Crippen molar-refractivity contribution < 1.29 is 39.8 Å². The second kappa shape index (κ2) is 45.2. The van der Waals surface area contributed by atoms with Crippen molar-refractivity contribution in [3.8, 4) is 0 Å². The van der Waals surface area contributed by atoms with Crippen molar-refractivity contribution in [3.05, 3.63) is 36.5 Å². The standard InChI is InChI=1S/C55H103NO8/c1-3-5-7-9-11-13-15-17-19-21-23-24-25-27-28-30-32-34-36-38-40-42-44-49(58)48(47-63-55-54(62)53(61)52(60)50(46-57)64-55)56-51(59)45-43-41-39-37-35-33-31-29-26-22-20-18-16-14-12-10-8-6-4-2/h22,26,34,36,42,44,48-50,52-55,57-58,60-62H,3-21,23-25,27-33,35,37-41,43,45-47H2,1-2H3,(H,56,59)/b26-22-,36-34+,44-42+. The van der Waals surface area contributed by atoms with Gasteiger partial charge in [-0.1, -0.05) is 224 Å². The molecule has 64 heavy (non-hydrogen) atoms. The third kappa shape index (κ3) is 34.7. The van der Waals surface area contributed by atoms with Crippen LogP contribution in [0, 0.1) is 0 Å². The van der Waals surface area contributed by atoms with Crippen LogP contribution in [0.5, 0.6) is 0 Å². The molecule has 0 saturated carbocycles. The quantitative estimate of drug-likeness (QED) is 0.0261. The monoisotopic (exact) mass is 906 g/mol. The van der Waals surface area contributed by atoms with Gasteiger partial charge in [-0.15, -0.1) is 0 Å². The average molecular weight is 906 g/mol. The molecule has 1 aliphatic rings. The predicted molar refractivity (Wildman–Crippen MR) is 267 cm³/mol. The van der Waals surface area contributed by atoms with Gasteiger partial charge in [-0.05, 0) is 57.8 Å². The van der Waals surface area contributed by atoms with Gasteiger partial charge in [0, 0.05) is 6.42 Å². The second-order valence-corrected chi connectivity index (χ2v) is 19.0. The Labute approximate surface area is 393 Å². The normalized spacial score (nSPS) is 20.3. The second-order valence-electron chi connectivity index (χ2n) is 19.0. The minimum Gasteiger partial charge on any atom is -0.394 e. The lowest BCUT2D eigenvalue weighted by atomic mass is 9.99. The van der Waals surface area contributed by atoms with Gasteiger partial charge in [-0.2, -0.15) is 0 Å². The summed E-state index contributed by atoms with van der Waals surface area (Å²) < 4.78 is 11.2. The number of ether oxygens (including phenoxy) is 2. The summed E-state index contributed by atoms with van der Waals surface area (Å²) in [6.45, 7) is 3.78. The van der Waals surface area contributed by atoms with Crippen LogP contribution < -0.4 is 5.32 Å². The lowest BCUT2D eigenvalue weighted by Gasteiger charge is -2.40. The highest BCUT2D eigenvalue weighted by molar-refractivity contribution is 5.76. The Kier molecular flexibility index (Phi) is 42.7. The SMILES string of the molecule is CCCCCCCCCC/C=C\CCCCCCCCCC(=O)NC(COC1OC(CO)C(O)C(O)C1O)C(O)/C=C/CC/C=C/CCCCCCCCCCCCCCCCCC. The van der Waals surface area contributed by atoms with Crippen molar-refractivity contribution in [1.82, 2.24) is 5.32 Å². The number of rotatable bonds is 46. The largest absolute Gasteiger partial charge is 0.394 e. The number of carbonyl (C=O) groups excluding carboxylic acids is 1. The van der Waals surface area contributed by atoms with Crippen molar-refractivity contribution in [3.63, 3.8) is 0 Å². The van der Waals surface area contributed by atoms with E-state index in [1.54, 1.807) is 6.08 Å². The fourth-order valence-electron chi connectivity index (χ4n) is 8.58. The molecule has 7 atom stereocenters. The summed E-state index contributed by atoms with van der Waals surface area (Å²) in [6, 6.07) is -0.823. The Morgan fingerprint density at radius 3 is 1.31 bits per heavy atom. The molecule has 0 aromatic rings. The van der Waals surface area contributed by atoms with E-state index in [1.807, 2.05) is 6.08 Å². The number of hydrogen-bond donors (Lipinski definition) is 6. The van der Waals surface area contributed by atoms with Crippen LogP contribution in [0.2, 0.25) is 0 Å². The zero-order valence-electron chi connectivity index (χ0n) is 41.5. The van der Waals surface area contributed by atoms with Crippen molar-refractivity contribution in [2.75, 3.05) is 13.2 Å². The van der Waals surface area contributed by atoms with Crippen LogP contribution in [0.25, 0.3) is 0 Å². The van der Waals surface area contributed by atoms with Gasteiger partial charge in [0.25, 0.3) is 0 Å². The molecular formula is C55H103NO8. The van der Waals surface area contributed by atoms with Crippen LogP contribution in [-0.4, -0.2) is 87.5 Å². The molecule has 1 rings (SSSR count). The van der Waals surface area contributed by atoms with Crippen LogP contribution in [0.4, 0.5) is 0 Å². The first-order valence-corrected chi connectivity index (χ1v) is 27.2. The van der Waals surface area contributed by atoms with Crippen LogP contribution in [0.1, 0.15) is 251 Å². The number of carbonyl (C=O) groups is 1. The Hall–Kier alpha value is -1.59. The summed E-state index contributed by atoms with van der Waals surface area (Å²) in [5.74, 6) is -0.189. The summed E-state index contributed by atoms with van der Waals surface area (Å²) in [5, 5.41) is 54.4. The van der Waals surface area contributed by atoms with Crippen LogP contribution in [0.3, 0.4) is 0 Å². The van der Waals surface area contributed by atoms with Crippen LogP contribution >= 0.6 is 0 Å². The smallest absolute Gasteiger partial charge is 0.220 e. The zero-order chi connectivity index (χ0) is 46.6. The highest BCUT2D eigenvalue weighted by Crippen LogP contribution is 2.23. The first kappa shape index (κ1) is 60.4. The molecule has 9 nitrogen and oxygen atoms in total. The Morgan fingerprint density at radius 1 is 0.516 bits per heavy atom. The van der Waals surface area contributed by atoms with Crippen LogP contribution in [0.15, 0.2) is 36.5 Å². The summed E-state index contributed by atoms with van der Waals surface area (Å²) in [5.41, 5.74) is 0. The van der Waals surface area contributed by atoms with Gasteiger partial charge in [0.1, 0.15) is 24.4 Å². The van der Waals surface area contributed by atoms with E-state index in [4.69, 9.17) is 9.47 Å².